The number of aryl methyl sites for hydroxylation is 1. The lowest BCUT2D eigenvalue weighted by atomic mass is 9.98. The van der Waals surface area contributed by atoms with Crippen molar-refractivity contribution in [2.75, 3.05) is 19.6 Å². The Bertz CT molecular complexity index is 593. The second-order valence-electron chi connectivity index (χ2n) is 6.69. The summed E-state index contributed by atoms with van der Waals surface area (Å²) < 4.78 is 5.89. The Morgan fingerprint density at radius 3 is 2.60 bits per heavy atom. The standard InChI is InChI=1S/C19H31N3O3/c1-4-16-14(13-21(5-2)6-3)11-17(25-16)19(24)22-10-8-7-9-15(22)12-18(20)23/h11,15H,4-10,12-13H2,1-3H3,(H2,20,23). The average molecular weight is 349 g/mol. The smallest absolute Gasteiger partial charge is 0.289 e. The second kappa shape index (κ2) is 9.04. The summed E-state index contributed by atoms with van der Waals surface area (Å²) >= 11 is 0. The lowest BCUT2D eigenvalue weighted by Gasteiger charge is -2.34. The monoisotopic (exact) mass is 349 g/mol. The highest BCUT2D eigenvalue weighted by Crippen LogP contribution is 2.25. The van der Waals surface area contributed by atoms with Crippen LogP contribution in [-0.2, 0) is 17.8 Å². The van der Waals surface area contributed by atoms with Crippen LogP contribution in [0.15, 0.2) is 10.5 Å². The number of nitrogens with zero attached hydrogens (tertiary/aromatic N) is 2. The van der Waals surface area contributed by atoms with Gasteiger partial charge in [-0.25, -0.2) is 0 Å². The van der Waals surface area contributed by atoms with Crippen molar-refractivity contribution in [3.05, 3.63) is 23.2 Å². The van der Waals surface area contributed by atoms with Gasteiger partial charge < -0.3 is 15.1 Å². The third-order valence-corrected chi connectivity index (χ3v) is 5.04. The minimum Gasteiger partial charge on any atom is -0.456 e. The molecule has 1 fully saturated rings. The summed E-state index contributed by atoms with van der Waals surface area (Å²) in [5, 5.41) is 0. The van der Waals surface area contributed by atoms with E-state index in [0.717, 1.165) is 56.6 Å². The molecule has 1 aromatic rings. The molecule has 1 atom stereocenters. The van der Waals surface area contributed by atoms with Gasteiger partial charge in [0.25, 0.3) is 5.91 Å². The van der Waals surface area contributed by atoms with Gasteiger partial charge in [0.1, 0.15) is 5.76 Å². The number of carbonyl (C=O) groups is 2. The Labute approximate surface area is 150 Å². The first kappa shape index (κ1) is 19.5. The largest absolute Gasteiger partial charge is 0.456 e. The number of piperidine rings is 1. The molecule has 1 aliphatic rings. The number of amides is 2. The Hall–Kier alpha value is -1.82. The molecule has 2 N–H and O–H groups in total. The molecule has 0 aliphatic carbocycles. The molecule has 6 heteroatoms. The van der Waals surface area contributed by atoms with Crippen LogP contribution in [0.25, 0.3) is 0 Å². The summed E-state index contributed by atoms with van der Waals surface area (Å²) in [6.45, 7) is 9.66. The van der Waals surface area contributed by atoms with Crippen LogP contribution in [0.4, 0.5) is 0 Å². The van der Waals surface area contributed by atoms with E-state index in [9.17, 15) is 9.59 Å². The Morgan fingerprint density at radius 2 is 2.00 bits per heavy atom. The maximum Gasteiger partial charge on any atom is 0.289 e. The molecule has 0 saturated carbocycles. The molecule has 1 unspecified atom stereocenters. The molecule has 0 radical (unpaired) electrons. The second-order valence-corrected chi connectivity index (χ2v) is 6.69. The van der Waals surface area contributed by atoms with Gasteiger partial charge in [-0.15, -0.1) is 0 Å². The number of likely N-dealkylation sites (tertiary alicyclic amines) is 1. The molecule has 25 heavy (non-hydrogen) atoms. The topological polar surface area (TPSA) is 79.8 Å². The van der Waals surface area contributed by atoms with Crippen LogP contribution in [0.3, 0.4) is 0 Å². The van der Waals surface area contributed by atoms with Gasteiger partial charge in [0.15, 0.2) is 5.76 Å². The van der Waals surface area contributed by atoms with Gasteiger partial charge in [-0.05, 0) is 38.4 Å². The fourth-order valence-corrected chi connectivity index (χ4v) is 3.55. The number of hydrogen-bond acceptors (Lipinski definition) is 4. The van der Waals surface area contributed by atoms with Gasteiger partial charge >= 0.3 is 0 Å². The number of rotatable bonds is 8. The van der Waals surface area contributed by atoms with E-state index in [4.69, 9.17) is 10.2 Å². The van der Waals surface area contributed by atoms with Gasteiger partial charge in [-0.3, -0.25) is 14.5 Å². The molecule has 2 rings (SSSR count). The van der Waals surface area contributed by atoms with Crippen molar-refractivity contribution in [1.82, 2.24) is 9.80 Å². The Balaban J connectivity index is 2.19. The molecule has 0 aromatic carbocycles. The summed E-state index contributed by atoms with van der Waals surface area (Å²) in [6.07, 6.45) is 3.78. The first-order chi connectivity index (χ1) is 12.0. The minimum atomic E-state index is -0.361. The van der Waals surface area contributed by atoms with Crippen LogP contribution in [0.1, 0.15) is 68.3 Å². The van der Waals surface area contributed by atoms with E-state index in [2.05, 4.69) is 18.7 Å². The molecule has 1 saturated heterocycles. The fourth-order valence-electron chi connectivity index (χ4n) is 3.55. The molecular formula is C19H31N3O3. The van der Waals surface area contributed by atoms with E-state index in [0.29, 0.717) is 12.3 Å². The normalized spacial score (nSPS) is 17.9. The number of hydrogen-bond donors (Lipinski definition) is 1. The predicted octanol–water partition coefficient (Wildman–Crippen LogP) is 2.55. The van der Waals surface area contributed by atoms with Gasteiger partial charge in [0.05, 0.1) is 0 Å². The molecule has 0 spiro atoms. The van der Waals surface area contributed by atoms with Gasteiger partial charge in [0.2, 0.25) is 5.91 Å². The lowest BCUT2D eigenvalue weighted by Crippen LogP contribution is -2.45. The van der Waals surface area contributed by atoms with Crippen LogP contribution in [0.2, 0.25) is 0 Å². The number of primary amides is 1. The average Bonchev–Trinajstić information content (AvgIpc) is 3.02. The van der Waals surface area contributed by atoms with Crippen molar-refractivity contribution in [2.24, 2.45) is 5.73 Å². The maximum absolute atomic E-state index is 13.0. The van der Waals surface area contributed by atoms with Crippen LogP contribution in [-0.4, -0.2) is 47.3 Å². The van der Waals surface area contributed by atoms with Gasteiger partial charge in [-0.1, -0.05) is 20.8 Å². The molecule has 6 nitrogen and oxygen atoms in total. The summed E-state index contributed by atoms with van der Waals surface area (Å²) in [5.74, 6) is 0.779. The number of nitrogens with two attached hydrogens (primary N) is 1. The third-order valence-electron chi connectivity index (χ3n) is 5.04. The van der Waals surface area contributed by atoms with Crippen LogP contribution < -0.4 is 5.73 Å². The fraction of sp³-hybridized carbons (Fsp3) is 0.684. The van der Waals surface area contributed by atoms with Crippen molar-refractivity contribution in [3.63, 3.8) is 0 Å². The highest BCUT2D eigenvalue weighted by atomic mass is 16.4. The zero-order valence-electron chi connectivity index (χ0n) is 15.7. The Morgan fingerprint density at radius 1 is 1.28 bits per heavy atom. The summed E-state index contributed by atoms with van der Waals surface area (Å²) in [4.78, 5) is 28.4. The van der Waals surface area contributed by atoms with Crippen LogP contribution >= 0.6 is 0 Å². The van der Waals surface area contributed by atoms with Crippen molar-refractivity contribution >= 4 is 11.8 Å². The van der Waals surface area contributed by atoms with Crippen LogP contribution in [0, 0.1) is 0 Å². The molecule has 1 aromatic heterocycles. The lowest BCUT2D eigenvalue weighted by molar-refractivity contribution is -0.119. The molecule has 0 bridgehead atoms. The van der Waals surface area contributed by atoms with Crippen molar-refractivity contribution in [3.8, 4) is 0 Å². The van der Waals surface area contributed by atoms with E-state index >= 15 is 0 Å². The van der Waals surface area contributed by atoms with E-state index in [1.807, 2.05) is 13.0 Å². The highest BCUT2D eigenvalue weighted by Gasteiger charge is 2.31. The van der Waals surface area contributed by atoms with Gasteiger partial charge in [0, 0.05) is 37.5 Å². The quantitative estimate of drug-likeness (QED) is 0.782. The zero-order chi connectivity index (χ0) is 18.4. The van der Waals surface area contributed by atoms with E-state index in [-0.39, 0.29) is 24.3 Å². The molecular weight excluding hydrogens is 318 g/mol. The van der Waals surface area contributed by atoms with E-state index in [1.54, 1.807) is 4.90 Å². The molecule has 2 amide bonds. The molecule has 1 aliphatic heterocycles. The minimum absolute atomic E-state index is 0.111. The molecule has 2 heterocycles. The van der Waals surface area contributed by atoms with Crippen molar-refractivity contribution in [2.45, 2.75) is 65.5 Å². The molecule has 140 valence electrons. The van der Waals surface area contributed by atoms with Crippen LogP contribution in [0.5, 0.6) is 0 Å². The number of carbonyl (C=O) groups excluding carboxylic acids is 2. The summed E-state index contributed by atoms with van der Waals surface area (Å²) in [5.41, 5.74) is 6.44. The van der Waals surface area contributed by atoms with E-state index < -0.39 is 0 Å². The Kier molecular flexibility index (Phi) is 7.05. The van der Waals surface area contributed by atoms with E-state index in [1.165, 1.54) is 0 Å². The zero-order valence-corrected chi connectivity index (χ0v) is 15.7. The van der Waals surface area contributed by atoms with Crippen molar-refractivity contribution < 1.29 is 14.0 Å². The first-order valence-electron chi connectivity index (χ1n) is 9.43. The first-order valence-corrected chi connectivity index (χ1v) is 9.43. The highest BCUT2D eigenvalue weighted by molar-refractivity contribution is 5.92. The summed E-state index contributed by atoms with van der Waals surface area (Å²) in [6, 6.07) is 1.77. The maximum atomic E-state index is 13.0. The predicted molar refractivity (Wildman–Crippen MR) is 97.2 cm³/mol. The summed E-state index contributed by atoms with van der Waals surface area (Å²) in [7, 11) is 0. The van der Waals surface area contributed by atoms with Crippen molar-refractivity contribution in [1.29, 1.82) is 0 Å². The SMILES string of the molecule is CCc1oc(C(=O)N2CCCCC2CC(N)=O)cc1CN(CC)CC. The van der Waals surface area contributed by atoms with Gasteiger partial charge in [-0.2, -0.15) is 0 Å². The number of furan rings is 1. The third kappa shape index (κ3) is 4.84.